The Hall–Kier alpha value is -0.830. The van der Waals surface area contributed by atoms with Crippen molar-refractivity contribution in [3.8, 4) is 0 Å². The average molecular weight is 267 g/mol. The summed E-state index contributed by atoms with van der Waals surface area (Å²) in [5.74, 6) is 1.44. The molecule has 0 bridgehead atoms. The molecule has 0 atom stereocenters. The van der Waals surface area contributed by atoms with Gasteiger partial charge in [-0.05, 0) is 30.7 Å². The van der Waals surface area contributed by atoms with E-state index in [1.54, 1.807) is 0 Å². The molecule has 18 heavy (non-hydrogen) atoms. The second-order valence-corrected chi connectivity index (χ2v) is 6.62. The van der Waals surface area contributed by atoms with E-state index in [1.165, 1.54) is 29.9 Å². The van der Waals surface area contributed by atoms with Crippen LogP contribution in [0.15, 0.2) is 11.4 Å². The molecule has 0 amide bonds. The van der Waals surface area contributed by atoms with Crippen LogP contribution in [0.5, 0.6) is 0 Å². The Kier molecular flexibility index (Phi) is 6.41. The molecule has 0 aliphatic carbocycles. The van der Waals surface area contributed by atoms with Crippen molar-refractivity contribution in [3.05, 3.63) is 16.3 Å². The molecule has 0 fully saturated rings. The minimum atomic E-state index is 0.718. The van der Waals surface area contributed by atoms with E-state index in [-0.39, 0.29) is 0 Å². The maximum atomic E-state index is 10.8. The zero-order valence-corrected chi connectivity index (χ0v) is 12.8. The lowest BCUT2D eigenvalue weighted by molar-refractivity contribution is 0.112. The summed E-state index contributed by atoms with van der Waals surface area (Å²) in [6, 6.07) is 2.01. The van der Waals surface area contributed by atoms with Crippen LogP contribution in [0.2, 0.25) is 0 Å². The second kappa shape index (κ2) is 7.57. The zero-order chi connectivity index (χ0) is 13.5. The third-order valence-corrected chi connectivity index (χ3v) is 3.89. The van der Waals surface area contributed by atoms with Crippen LogP contribution in [-0.2, 0) is 0 Å². The fourth-order valence-corrected chi connectivity index (χ4v) is 2.49. The number of carbonyl (C=O) groups is 1. The van der Waals surface area contributed by atoms with E-state index in [0.29, 0.717) is 0 Å². The van der Waals surface area contributed by atoms with E-state index < -0.39 is 0 Å². The predicted molar refractivity (Wildman–Crippen MR) is 80.8 cm³/mol. The summed E-state index contributed by atoms with van der Waals surface area (Å²) in [7, 11) is 0. The van der Waals surface area contributed by atoms with E-state index in [4.69, 9.17) is 0 Å². The first kappa shape index (κ1) is 15.2. The maximum Gasteiger partial charge on any atom is 0.160 e. The van der Waals surface area contributed by atoms with Gasteiger partial charge in [0.25, 0.3) is 0 Å². The van der Waals surface area contributed by atoms with E-state index in [9.17, 15) is 4.79 Å². The van der Waals surface area contributed by atoms with Crippen molar-refractivity contribution in [2.45, 2.75) is 40.5 Å². The van der Waals surface area contributed by atoms with Gasteiger partial charge < -0.3 is 4.90 Å². The number of aldehydes is 1. The fourth-order valence-electron chi connectivity index (χ4n) is 1.77. The zero-order valence-electron chi connectivity index (χ0n) is 12.0. The number of thiophene rings is 1. The molecule has 0 aliphatic heterocycles. The molecule has 0 N–H and O–H groups in total. The van der Waals surface area contributed by atoms with Crippen molar-refractivity contribution in [1.29, 1.82) is 0 Å². The van der Waals surface area contributed by atoms with E-state index in [2.05, 4.69) is 38.0 Å². The van der Waals surface area contributed by atoms with Gasteiger partial charge in [-0.15, -0.1) is 11.3 Å². The van der Waals surface area contributed by atoms with Crippen molar-refractivity contribution in [1.82, 2.24) is 0 Å². The Labute approximate surface area is 115 Å². The van der Waals surface area contributed by atoms with E-state index >= 15 is 0 Å². The molecule has 1 aromatic rings. The smallest absolute Gasteiger partial charge is 0.160 e. The van der Waals surface area contributed by atoms with Crippen molar-refractivity contribution < 1.29 is 4.79 Å². The Morgan fingerprint density at radius 3 is 2.11 bits per heavy atom. The van der Waals surface area contributed by atoms with Crippen LogP contribution >= 0.6 is 11.3 Å². The van der Waals surface area contributed by atoms with Gasteiger partial charge in [0.05, 0.1) is 4.88 Å². The molecule has 0 unspecified atom stereocenters. The number of nitrogens with zero attached hydrogens (tertiary/aromatic N) is 1. The molecule has 0 saturated heterocycles. The minimum absolute atomic E-state index is 0.718. The summed E-state index contributed by atoms with van der Waals surface area (Å²) in [4.78, 5) is 14.0. The van der Waals surface area contributed by atoms with Crippen molar-refractivity contribution in [2.24, 2.45) is 11.8 Å². The summed E-state index contributed by atoms with van der Waals surface area (Å²) in [5.41, 5.74) is 1.21. The molecule has 1 rings (SSSR count). The van der Waals surface area contributed by atoms with Crippen LogP contribution in [0.3, 0.4) is 0 Å². The fraction of sp³-hybridized carbons (Fsp3) is 0.667. The van der Waals surface area contributed by atoms with Crippen LogP contribution in [0.1, 0.15) is 50.2 Å². The molecule has 0 aromatic carbocycles. The van der Waals surface area contributed by atoms with Gasteiger partial charge in [-0.2, -0.15) is 0 Å². The van der Waals surface area contributed by atoms with Gasteiger partial charge in [0, 0.05) is 24.2 Å². The Balaban J connectivity index is 2.65. The highest BCUT2D eigenvalue weighted by Gasteiger charge is 2.10. The lowest BCUT2D eigenvalue weighted by atomic mass is 10.1. The Morgan fingerprint density at radius 1 is 1.17 bits per heavy atom. The number of anilines is 1. The van der Waals surface area contributed by atoms with Gasteiger partial charge in [0.1, 0.15) is 0 Å². The van der Waals surface area contributed by atoms with E-state index in [1.807, 2.05) is 6.07 Å². The highest BCUT2D eigenvalue weighted by Crippen LogP contribution is 2.23. The quantitative estimate of drug-likeness (QED) is 0.648. The topological polar surface area (TPSA) is 20.3 Å². The van der Waals surface area contributed by atoms with Crippen LogP contribution in [-0.4, -0.2) is 19.4 Å². The largest absolute Gasteiger partial charge is 0.371 e. The molecule has 0 saturated carbocycles. The van der Waals surface area contributed by atoms with E-state index in [0.717, 1.165) is 36.1 Å². The summed E-state index contributed by atoms with van der Waals surface area (Å²) in [6.45, 7) is 11.2. The predicted octanol–water partition coefficient (Wildman–Crippen LogP) is 4.46. The molecule has 0 aliphatic rings. The molecule has 1 aromatic heterocycles. The molecule has 1 heterocycles. The van der Waals surface area contributed by atoms with Crippen molar-refractivity contribution in [2.75, 3.05) is 18.0 Å². The number of hydrogen-bond donors (Lipinski definition) is 0. The molecule has 0 radical (unpaired) electrons. The first-order valence-corrected chi connectivity index (χ1v) is 7.69. The van der Waals surface area contributed by atoms with Gasteiger partial charge in [0.15, 0.2) is 6.29 Å². The Bertz CT molecular complexity index is 345. The number of hydrogen-bond acceptors (Lipinski definition) is 3. The highest BCUT2D eigenvalue weighted by atomic mass is 32.1. The molecule has 2 nitrogen and oxygen atoms in total. The van der Waals surface area contributed by atoms with Crippen molar-refractivity contribution in [3.63, 3.8) is 0 Å². The molecular formula is C15H25NOS. The third kappa shape index (κ3) is 5.21. The third-order valence-electron chi connectivity index (χ3n) is 3.04. The van der Waals surface area contributed by atoms with Crippen LogP contribution < -0.4 is 4.90 Å². The van der Waals surface area contributed by atoms with Gasteiger partial charge in [-0.3, -0.25) is 4.79 Å². The minimum Gasteiger partial charge on any atom is -0.371 e. The Morgan fingerprint density at radius 2 is 1.72 bits per heavy atom. The summed E-state index contributed by atoms with van der Waals surface area (Å²) in [6.07, 6.45) is 3.34. The summed E-state index contributed by atoms with van der Waals surface area (Å²) in [5, 5.41) is 2.10. The monoisotopic (exact) mass is 267 g/mol. The lowest BCUT2D eigenvalue weighted by Gasteiger charge is -2.25. The lowest BCUT2D eigenvalue weighted by Crippen LogP contribution is -2.27. The number of rotatable bonds is 8. The molecular weight excluding hydrogens is 242 g/mol. The van der Waals surface area contributed by atoms with Gasteiger partial charge in [-0.25, -0.2) is 0 Å². The van der Waals surface area contributed by atoms with Crippen LogP contribution in [0.25, 0.3) is 0 Å². The summed E-state index contributed by atoms with van der Waals surface area (Å²) < 4.78 is 0. The first-order chi connectivity index (χ1) is 8.52. The standard InChI is InChI=1S/C15H25NOS/c1-12(2)5-7-16(8-6-13(3)4)14-9-15(10-17)18-11-14/h9-13H,5-8H2,1-4H3. The molecule has 102 valence electrons. The first-order valence-electron chi connectivity index (χ1n) is 6.81. The van der Waals surface area contributed by atoms with Gasteiger partial charge in [-0.1, -0.05) is 27.7 Å². The average Bonchev–Trinajstić information content (AvgIpc) is 2.77. The van der Waals surface area contributed by atoms with Gasteiger partial charge >= 0.3 is 0 Å². The number of carbonyl (C=O) groups excluding carboxylic acids is 1. The SMILES string of the molecule is CC(C)CCN(CCC(C)C)c1csc(C=O)c1. The maximum absolute atomic E-state index is 10.8. The summed E-state index contributed by atoms with van der Waals surface area (Å²) >= 11 is 1.54. The molecule has 3 heteroatoms. The molecule has 0 spiro atoms. The normalized spacial score (nSPS) is 11.2. The van der Waals surface area contributed by atoms with Crippen LogP contribution in [0.4, 0.5) is 5.69 Å². The van der Waals surface area contributed by atoms with Crippen molar-refractivity contribution >= 4 is 23.3 Å². The second-order valence-electron chi connectivity index (χ2n) is 5.68. The van der Waals surface area contributed by atoms with Crippen LogP contribution in [0, 0.1) is 11.8 Å². The van der Waals surface area contributed by atoms with Gasteiger partial charge in [0.2, 0.25) is 0 Å². The highest BCUT2D eigenvalue weighted by molar-refractivity contribution is 7.12.